The molecule has 0 aromatic rings. The Kier molecular flexibility index (Phi) is 6.07. The predicted octanol–water partition coefficient (Wildman–Crippen LogP) is 3.70. The lowest BCUT2D eigenvalue weighted by Crippen LogP contribution is -2.21. The van der Waals surface area contributed by atoms with Crippen LogP contribution in [-0.4, -0.2) is 24.4 Å². The van der Waals surface area contributed by atoms with E-state index in [0.29, 0.717) is 12.2 Å². The van der Waals surface area contributed by atoms with Crippen LogP contribution < -0.4 is 0 Å². The van der Waals surface area contributed by atoms with Gasteiger partial charge in [0.1, 0.15) is 0 Å². The number of hydrogen-bond donors (Lipinski definition) is 0. The largest absolute Gasteiger partial charge is 0.372 e. The van der Waals surface area contributed by atoms with Crippen molar-refractivity contribution in [2.24, 2.45) is 0 Å². The predicted molar refractivity (Wildman–Crippen MR) is 67.6 cm³/mol. The Morgan fingerprint density at radius 2 is 1.19 bits per heavy atom. The Balaban J connectivity index is 2.48. The lowest BCUT2D eigenvalue weighted by Gasteiger charge is -2.23. The van der Waals surface area contributed by atoms with E-state index in [1.54, 1.807) is 0 Å². The van der Waals surface area contributed by atoms with E-state index in [1.165, 1.54) is 12.8 Å². The van der Waals surface area contributed by atoms with Gasteiger partial charge in [-0.05, 0) is 40.5 Å². The van der Waals surface area contributed by atoms with E-state index in [9.17, 15) is 0 Å². The molecule has 2 nitrogen and oxygen atoms in total. The van der Waals surface area contributed by atoms with Crippen LogP contribution in [0.25, 0.3) is 0 Å². The zero-order valence-electron chi connectivity index (χ0n) is 11.1. The van der Waals surface area contributed by atoms with Gasteiger partial charge in [0.05, 0.1) is 24.4 Å². The van der Waals surface area contributed by atoms with Crippen LogP contribution in [0, 0.1) is 0 Å². The average Bonchev–Trinajstić information content (AvgIpc) is 2.14. The maximum absolute atomic E-state index is 5.84. The molecule has 0 aromatic carbocycles. The van der Waals surface area contributed by atoms with Crippen LogP contribution in [-0.2, 0) is 9.47 Å². The first kappa shape index (κ1) is 13.7. The molecule has 2 atom stereocenters. The second kappa shape index (κ2) is 7.08. The molecule has 0 amide bonds. The van der Waals surface area contributed by atoms with Crippen molar-refractivity contribution in [3.05, 3.63) is 12.2 Å². The first-order chi connectivity index (χ1) is 7.58. The fourth-order valence-corrected chi connectivity index (χ4v) is 2.06. The second-order valence-corrected chi connectivity index (χ2v) is 5.12. The summed E-state index contributed by atoms with van der Waals surface area (Å²) in [6, 6.07) is 0. The van der Waals surface area contributed by atoms with Crippen molar-refractivity contribution in [3.63, 3.8) is 0 Å². The average molecular weight is 226 g/mol. The molecular formula is C14H26O2. The minimum atomic E-state index is 0.276. The van der Waals surface area contributed by atoms with Gasteiger partial charge in [0, 0.05) is 0 Å². The summed E-state index contributed by atoms with van der Waals surface area (Å²) in [5, 5.41) is 0. The zero-order chi connectivity index (χ0) is 12.0. The maximum Gasteiger partial charge on any atom is 0.0760 e. The molecule has 0 N–H and O–H groups in total. The highest BCUT2D eigenvalue weighted by Crippen LogP contribution is 2.18. The van der Waals surface area contributed by atoms with Gasteiger partial charge < -0.3 is 9.47 Å². The summed E-state index contributed by atoms with van der Waals surface area (Å²) >= 11 is 0. The Bertz CT molecular complexity index is 187. The van der Waals surface area contributed by atoms with Crippen molar-refractivity contribution in [3.8, 4) is 0 Å². The molecule has 94 valence electrons. The molecule has 2 heteroatoms. The molecule has 0 spiro atoms. The number of rotatable bonds is 4. The molecular weight excluding hydrogens is 200 g/mol. The zero-order valence-corrected chi connectivity index (χ0v) is 11.1. The Hall–Kier alpha value is -0.340. The smallest absolute Gasteiger partial charge is 0.0760 e. The van der Waals surface area contributed by atoms with Crippen molar-refractivity contribution < 1.29 is 9.47 Å². The molecule has 1 aliphatic rings. The van der Waals surface area contributed by atoms with Gasteiger partial charge in [0.25, 0.3) is 0 Å². The highest BCUT2D eigenvalue weighted by atomic mass is 16.5. The summed E-state index contributed by atoms with van der Waals surface area (Å²) < 4.78 is 11.7. The van der Waals surface area contributed by atoms with Crippen LogP contribution in [0.4, 0.5) is 0 Å². The van der Waals surface area contributed by atoms with E-state index in [0.717, 1.165) is 12.8 Å². The second-order valence-electron chi connectivity index (χ2n) is 5.12. The third kappa shape index (κ3) is 5.66. The summed E-state index contributed by atoms with van der Waals surface area (Å²) in [6.45, 7) is 8.37. The van der Waals surface area contributed by atoms with Gasteiger partial charge in [-0.15, -0.1) is 0 Å². The lowest BCUT2D eigenvalue weighted by molar-refractivity contribution is 0.0124. The molecule has 0 aromatic heterocycles. The van der Waals surface area contributed by atoms with Crippen molar-refractivity contribution in [2.45, 2.75) is 77.8 Å². The minimum Gasteiger partial charge on any atom is -0.372 e. The number of hydrogen-bond acceptors (Lipinski definition) is 2. The molecule has 0 saturated heterocycles. The van der Waals surface area contributed by atoms with Gasteiger partial charge in [0.2, 0.25) is 0 Å². The van der Waals surface area contributed by atoms with E-state index >= 15 is 0 Å². The lowest BCUT2D eigenvalue weighted by atomic mass is 10.0. The topological polar surface area (TPSA) is 18.5 Å². The van der Waals surface area contributed by atoms with Gasteiger partial charge >= 0.3 is 0 Å². The van der Waals surface area contributed by atoms with Gasteiger partial charge in [-0.2, -0.15) is 0 Å². The molecule has 16 heavy (non-hydrogen) atoms. The van der Waals surface area contributed by atoms with Crippen LogP contribution in [0.1, 0.15) is 53.4 Å². The highest BCUT2D eigenvalue weighted by molar-refractivity contribution is 4.97. The molecule has 1 rings (SSSR count). The molecule has 0 aliphatic heterocycles. The highest BCUT2D eigenvalue weighted by Gasteiger charge is 2.14. The molecule has 0 bridgehead atoms. The third-order valence-electron chi connectivity index (χ3n) is 2.66. The summed E-state index contributed by atoms with van der Waals surface area (Å²) in [6.07, 6.45) is 10.3. The van der Waals surface area contributed by atoms with Crippen molar-refractivity contribution in [1.82, 2.24) is 0 Å². The van der Waals surface area contributed by atoms with Crippen molar-refractivity contribution >= 4 is 0 Å². The van der Waals surface area contributed by atoms with Gasteiger partial charge in [-0.1, -0.05) is 25.0 Å². The fourth-order valence-electron chi connectivity index (χ4n) is 2.06. The van der Waals surface area contributed by atoms with Gasteiger partial charge in [0.15, 0.2) is 0 Å². The molecule has 1 aliphatic carbocycles. The first-order valence-corrected chi connectivity index (χ1v) is 6.57. The monoisotopic (exact) mass is 226 g/mol. The van der Waals surface area contributed by atoms with Crippen molar-refractivity contribution in [1.29, 1.82) is 0 Å². The minimum absolute atomic E-state index is 0.276. The van der Waals surface area contributed by atoms with Gasteiger partial charge in [-0.25, -0.2) is 0 Å². The molecule has 0 unspecified atom stereocenters. The fraction of sp³-hybridized carbons (Fsp3) is 0.857. The van der Waals surface area contributed by atoms with Crippen molar-refractivity contribution in [2.75, 3.05) is 0 Å². The molecule has 0 heterocycles. The van der Waals surface area contributed by atoms with Crippen LogP contribution >= 0.6 is 0 Å². The van der Waals surface area contributed by atoms with E-state index in [2.05, 4.69) is 39.8 Å². The summed E-state index contributed by atoms with van der Waals surface area (Å²) in [7, 11) is 0. The summed E-state index contributed by atoms with van der Waals surface area (Å²) in [4.78, 5) is 0. The molecule has 0 radical (unpaired) electrons. The first-order valence-electron chi connectivity index (χ1n) is 6.57. The van der Waals surface area contributed by atoms with E-state index < -0.39 is 0 Å². The van der Waals surface area contributed by atoms with Crippen LogP contribution in [0.3, 0.4) is 0 Å². The summed E-state index contributed by atoms with van der Waals surface area (Å²) in [5.74, 6) is 0. The maximum atomic E-state index is 5.84. The third-order valence-corrected chi connectivity index (χ3v) is 2.66. The van der Waals surface area contributed by atoms with Crippen LogP contribution in [0.15, 0.2) is 12.2 Å². The van der Waals surface area contributed by atoms with E-state index in [1.807, 2.05) is 0 Å². The SMILES string of the molecule is CC(C)O[C@@H]1/C=C\[C@H](OC(C)C)CCCC1. The van der Waals surface area contributed by atoms with E-state index in [4.69, 9.17) is 9.47 Å². The Morgan fingerprint density at radius 1 is 0.812 bits per heavy atom. The molecule has 0 saturated carbocycles. The van der Waals surface area contributed by atoms with E-state index in [-0.39, 0.29) is 12.2 Å². The van der Waals surface area contributed by atoms with Gasteiger partial charge in [-0.3, -0.25) is 0 Å². The summed E-state index contributed by atoms with van der Waals surface area (Å²) in [5.41, 5.74) is 0. The quantitative estimate of drug-likeness (QED) is 0.680. The van der Waals surface area contributed by atoms with Crippen LogP contribution in [0.2, 0.25) is 0 Å². The molecule has 0 fully saturated rings. The Morgan fingerprint density at radius 3 is 1.50 bits per heavy atom. The number of ether oxygens (including phenoxy) is 2. The standard InChI is InChI=1S/C14H26O2/c1-11(2)15-13-7-5-6-8-14(10-9-13)16-12(3)4/h9-14H,5-8H2,1-4H3/b10-9-/t13-,14+. The normalized spacial score (nSPS) is 29.1. The van der Waals surface area contributed by atoms with Crippen LogP contribution in [0.5, 0.6) is 0 Å². The Labute approximate surface area is 100 Å².